The van der Waals surface area contributed by atoms with Crippen LogP contribution in [0.5, 0.6) is 0 Å². The molecule has 0 aliphatic heterocycles. The second kappa shape index (κ2) is 4.48. The largest absolute Gasteiger partial charge is 0.392 e. The summed E-state index contributed by atoms with van der Waals surface area (Å²) in [5, 5.41) is 4.19. The standard InChI is InChI=1S/C12H18F3N3/c1-7-10(17-18(2)11(7)16)8-5-3-4-6-9(8)12(13,14)15/h8-9H,3-6,16H2,1-2H3. The van der Waals surface area contributed by atoms with Gasteiger partial charge in [0.05, 0.1) is 11.6 Å². The van der Waals surface area contributed by atoms with E-state index in [0.717, 1.165) is 6.42 Å². The van der Waals surface area contributed by atoms with Crippen LogP contribution in [0.4, 0.5) is 19.0 Å². The van der Waals surface area contributed by atoms with Crippen LogP contribution in [0, 0.1) is 12.8 Å². The predicted molar refractivity (Wildman–Crippen MR) is 63.1 cm³/mol. The van der Waals surface area contributed by atoms with Crippen LogP contribution in [0.2, 0.25) is 0 Å². The fraction of sp³-hybridized carbons (Fsp3) is 0.750. The van der Waals surface area contributed by atoms with Crippen molar-refractivity contribution in [1.82, 2.24) is 9.78 Å². The molecule has 1 aromatic rings. The molecule has 2 rings (SSSR count). The molecule has 1 aliphatic carbocycles. The molecule has 3 nitrogen and oxygen atoms in total. The fourth-order valence-electron chi connectivity index (χ4n) is 2.87. The number of aryl methyl sites for hydroxylation is 1. The summed E-state index contributed by atoms with van der Waals surface area (Å²) in [7, 11) is 1.66. The summed E-state index contributed by atoms with van der Waals surface area (Å²) in [6, 6.07) is 0. The van der Waals surface area contributed by atoms with E-state index >= 15 is 0 Å². The number of hydrogen-bond acceptors (Lipinski definition) is 2. The van der Waals surface area contributed by atoms with E-state index in [0.29, 0.717) is 29.9 Å². The van der Waals surface area contributed by atoms with Crippen LogP contribution in [0.25, 0.3) is 0 Å². The molecular formula is C12H18F3N3. The Labute approximate surface area is 104 Å². The molecule has 1 aliphatic rings. The zero-order valence-electron chi connectivity index (χ0n) is 10.6. The third-order valence-electron chi connectivity index (χ3n) is 3.91. The Morgan fingerprint density at radius 3 is 2.39 bits per heavy atom. The number of rotatable bonds is 1. The van der Waals surface area contributed by atoms with Crippen molar-refractivity contribution < 1.29 is 13.2 Å². The normalized spacial score (nSPS) is 25.4. The van der Waals surface area contributed by atoms with Gasteiger partial charge in [-0.2, -0.15) is 18.3 Å². The number of alkyl halides is 3. The Morgan fingerprint density at radius 1 is 1.28 bits per heavy atom. The molecule has 2 unspecified atom stereocenters. The highest BCUT2D eigenvalue weighted by Crippen LogP contribution is 2.47. The van der Waals surface area contributed by atoms with Crippen LogP contribution < -0.4 is 5.73 Å². The highest BCUT2D eigenvalue weighted by molar-refractivity contribution is 5.43. The minimum absolute atomic E-state index is 0.198. The lowest BCUT2D eigenvalue weighted by molar-refractivity contribution is -0.187. The first-order valence-corrected chi connectivity index (χ1v) is 6.18. The van der Waals surface area contributed by atoms with Crippen LogP contribution in [0.3, 0.4) is 0 Å². The Morgan fingerprint density at radius 2 is 1.89 bits per heavy atom. The van der Waals surface area contributed by atoms with Crippen LogP contribution >= 0.6 is 0 Å². The van der Waals surface area contributed by atoms with Crippen LogP contribution in [-0.4, -0.2) is 16.0 Å². The topological polar surface area (TPSA) is 43.8 Å². The van der Waals surface area contributed by atoms with Crippen molar-refractivity contribution in [3.63, 3.8) is 0 Å². The molecule has 1 saturated carbocycles. The molecule has 0 spiro atoms. The first-order chi connectivity index (χ1) is 8.32. The number of anilines is 1. The minimum atomic E-state index is -4.15. The summed E-state index contributed by atoms with van der Waals surface area (Å²) < 4.78 is 40.6. The highest BCUT2D eigenvalue weighted by Gasteiger charge is 2.47. The summed E-state index contributed by atoms with van der Waals surface area (Å²) in [6.45, 7) is 1.75. The molecule has 18 heavy (non-hydrogen) atoms. The van der Waals surface area contributed by atoms with Crippen molar-refractivity contribution in [3.05, 3.63) is 11.3 Å². The van der Waals surface area contributed by atoms with Crippen LogP contribution in [0.1, 0.15) is 42.9 Å². The fourth-order valence-corrected chi connectivity index (χ4v) is 2.87. The summed E-state index contributed by atoms with van der Waals surface area (Å²) in [5.41, 5.74) is 7.00. The monoisotopic (exact) mass is 261 g/mol. The third-order valence-corrected chi connectivity index (χ3v) is 3.91. The van der Waals surface area contributed by atoms with E-state index in [4.69, 9.17) is 5.73 Å². The van der Waals surface area contributed by atoms with Crippen LogP contribution in [0.15, 0.2) is 0 Å². The van der Waals surface area contributed by atoms with Crippen molar-refractivity contribution in [1.29, 1.82) is 0 Å². The lowest BCUT2D eigenvalue weighted by Gasteiger charge is -2.32. The lowest BCUT2D eigenvalue weighted by atomic mass is 9.76. The van der Waals surface area contributed by atoms with Gasteiger partial charge in [0.15, 0.2) is 0 Å². The number of nitrogens with zero attached hydrogens (tertiary/aromatic N) is 2. The maximum Gasteiger partial charge on any atom is 0.392 e. The van der Waals surface area contributed by atoms with Crippen molar-refractivity contribution in [2.24, 2.45) is 13.0 Å². The molecule has 2 atom stereocenters. The van der Waals surface area contributed by atoms with Gasteiger partial charge in [0, 0.05) is 18.5 Å². The maximum atomic E-state index is 13.1. The highest BCUT2D eigenvalue weighted by atomic mass is 19.4. The molecule has 1 heterocycles. The van der Waals surface area contributed by atoms with Crippen molar-refractivity contribution in [2.75, 3.05) is 5.73 Å². The van der Waals surface area contributed by atoms with E-state index in [1.165, 1.54) is 4.68 Å². The van der Waals surface area contributed by atoms with Gasteiger partial charge >= 0.3 is 6.18 Å². The Hall–Kier alpha value is -1.20. The van der Waals surface area contributed by atoms with E-state index in [1.54, 1.807) is 14.0 Å². The van der Waals surface area contributed by atoms with Crippen molar-refractivity contribution in [2.45, 2.75) is 44.7 Å². The van der Waals surface area contributed by atoms with Crippen molar-refractivity contribution >= 4 is 5.82 Å². The van der Waals surface area contributed by atoms with Gasteiger partial charge < -0.3 is 5.73 Å². The number of nitrogens with two attached hydrogens (primary N) is 1. The van der Waals surface area contributed by atoms with Gasteiger partial charge in [0.25, 0.3) is 0 Å². The molecular weight excluding hydrogens is 243 g/mol. The van der Waals surface area contributed by atoms with Crippen LogP contribution in [-0.2, 0) is 7.05 Å². The molecule has 6 heteroatoms. The van der Waals surface area contributed by atoms with Gasteiger partial charge in [-0.25, -0.2) is 0 Å². The van der Waals surface area contributed by atoms with E-state index < -0.39 is 18.0 Å². The first kappa shape index (κ1) is 13.2. The average Bonchev–Trinajstić information content (AvgIpc) is 2.56. The SMILES string of the molecule is Cc1c(C2CCCCC2C(F)(F)F)nn(C)c1N. The summed E-state index contributed by atoms with van der Waals surface area (Å²) in [4.78, 5) is 0. The summed E-state index contributed by atoms with van der Waals surface area (Å²) in [6.07, 6.45) is -1.94. The lowest BCUT2D eigenvalue weighted by Crippen LogP contribution is -2.32. The average molecular weight is 261 g/mol. The number of nitrogen functional groups attached to an aromatic ring is 1. The Bertz CT molecular complexity index is 437. The number of hydrogen-bond donors (Lipinski definition) is 1. The molecule has 1 aromatic heterocycles. The Balaban J connectivity index is 2.37. The molecule has 2 N–H and O–H groups in total. The molecule has 0 bridgehead atoms. The van der Waals surface area contributed by atoms with E-state index in [-0.39, 0.29) is 6.42 Å². The quantitative estimate of drug-likeness (QED) is 0.844. The predicted octanol–water partition coefficient (Wildman–Crippen LogP) is 3.15. The molecule has 0 radical (unpaired) electrons. The smallest absolute Gasteiger partial charge is 0.384 e. The molecule has 0 aromatic carbocycles. The molecule has 1 fully saturated rings. The number of aromatic nitrogens is 2. The van der Waals surface area contributed by atoms with E-state index in [9.17, 15) is 13.2 Å². The van der Waals surface area contributed by atoms with Gasteiger partial charge in [0.1, 0.15) is 5.82 Å². The van der Waals surface area contributed by atoms with E-state index in [2.05, 4.69) is 5.10 Å². The minimum Gasteiger partial charge on any atom is -0.384 e. The van der Waals surface area contributed by atoms with Gasteiger partial charge in [-0.15, -0.1) is 0 Å². The Kier molecular flexibility index (Phi) is 3.29. The molecule has 102 valence electrons. The summed E-state index contributed by atoms with van der Waals surface area (Å²) >= 11 is 0. The van der Waals surface area contributed by atoms with Gasteiger partial charge in [0.2, 0.25) is 0 Å². The summed E-state index contributed by atoms with van der Waals surface area (Å²) in [5.74, 6) is -1.36. The third kappa shape index (κ3) is 2.20. The first-order valence-electron chi connectivity index (χ1n) is 6.18. The zero-order chi connectivity index (χ0) is 13.5. The zero-order valence-corrected chi connectivity index (χ0v) is 10.6. The van der Waals surface area contributed by atoms with E-state index in [1.807, 2.05) is 0 Å². The van der Waals surface area contributed by atoms with Gasteiger partial charge in [-0.1, -0.05) is 12.8 Å². The number of halogens is 3. The van der Waals surface area contributed by atoms with Crippen molar-refractivity contribution in [3.8, 4) is 0 Å². The van der Waals surface area contributed by atoms with Gasteiger partial charge in [-0.3, -0.25) is 4.68 Å². The molecule has 0 saturated heterocycles. The van der Waals surface area contributed by atoms with Gasteiger partial charge in [-0.05, 0) is 19.8 Å². The second-order valence-corrected chi connectivity index (χ2v) is 5.06. The molecule has 0 amide bonds. The second-order valence-electron chi connectivity index (χ2n) is 5.06. The maximum absolute atomic E-state index is 13.1.